The van der Waals surface area contributed by atoms with Crippen molar-refractivity contribution in [1.82, 2.24) is 59.7 Å². The number of carbonyl (C=O) groups excluding carboxylic acids is 6. The molecule has 0 aliphatic rings. The van der Waals surface area contributed by atoms with Gasteiger partial charge in [-0.1, -0.05) is 48.5 Å². The first-order valence-corrected chi connectivity index (χ1v) is 45.1. The number of nitrogen functional groups attached to an aromatic ring is 1. The molecule has 4 aromatic carbocycles. The van der Waals surface area contributed by atoms with E-state index in [1.807, 2.05) is 120 Å². The highest BCUT2D eigenvalue weighted by Gasteiger charge is 2.26. The summed E-state index contributed by atoms with van der Waals surface area (Å²) in [6.07, 6.45) is 11.9. The Hall–Kier alpha value is -12.1. The van der Waals surface area contributed by atoms with Crippen molar-refractivity contribution in [2.24, 2.45) is 33.2 Å². The zero-order chi connectivity index (χ0) is 94.9. The van der Waals surface area contributed by atoms with Crippen LogP contribution in [0.3, 0.4) is 0 Å². The fourth-order valence-corrected chi connectivity index (χ4v) is 15.7. The van der Waals surface area contributed by atoms with Gasteiger partial charge in [-0.2, -0.15) is 20.4 Å². The topological polar surface area (TPSA) is 339 Å². The van der Waals surface area contributed by atoms with Gasteiger partial charge in [-0.05, 0) is 238 Å². The Bertz CT molecular complexity index is 6030. The third-order valence-electron chi connectivity index (χ3n) is 16.3. The van der Waals surface area contributed by atoms with E-state index in [1.165, 1.54) is 33.7 Å². The van der Waals surface area contributed by atoms with E-state index in [2.05, 4.69) is 127 Å². The summed E-state index contributed by atoms with van der Waals surface area (Å²) >= 11 is 16.4. The third-order valence-corrected chi connectivity index (χ3v) is 22.2. The van der Waals surface area contributed by atoms with Crippen molar-refractivity contribution < 1.29 is 65.3 Å². The van der Waals surface area contributed by atoms with E-state index in [1.54, 1.807) is 162 Å². The van der Waals surface area contributed by atoms with Crippen molar-refractivity contribution in [3.8, 4) is 10.4 Å². The van der Waals surface area contributed by atoms with Crippen LogP contribution in [0.2, 0.25) is 0 Å². The molecule has 7 N–H and O–H groups in total. The standard InChI is InChI=1S/C26H22F2N6OS.C17H15BrF2N4OS.C14H18BrN3O2S.C10H15NO3.C9H15N3O2.C9H11N.C5H3BrOS/c1-15-19-10-17(4-7-23(19)32-14-31-15)24-8-5-18(36-24)12-29-25-20(13-34(2)33-25)26(35)30-11-16-3-6-21(27)22(28)9-16;1-24-9-12(16(23-24)21-8-11-3-5-15(18)26-11)17(25)22-7-10-2-4-13(19)14(20)6-10;1-14(2,3)20-13(19)10-8-18(4)17-12(10)16-7-9-5-6-11(15)21-9;1-6-13-7-8(11-5)9(12)14-10(2,3)4;1-9(2,3)14-8(13)6-5-12(4)11-7(6)10;1-2-10-8-9-6-4-3-5-7-9;6-5-2-1-4(3-7)8-5/h3-10,13-14H,11-12H2,1-2H3,(H,29,33)(H,30,35);2-6,9H,7-8H2,1H3,(H,21,23)(H,22,25);5-6,8H,7H2,1-4H3,(H,16,17);7H,6H2,1-4H3;5H,1-4H3,(H2,10,11);3-8H,2H2,1H3;1-3H/b;;;8-7+;;;. The summed E-state index contributed by atoms with van der Waals surface area (Å²) in [4.78, 5) is 91.2. The molecule has 682 valence electrons. The number of halogens is 7. The second-order valence-electron chi connectivity index (χ2n) is 30.5. The smallest absolute Gasteiger partial charge is 0.344 e. The number of esters is 3. The number of rotatable bonds is 24. The average Bonchev–Trinajstić information content (AvgIpc) is 1.80. The molecule has 9 heterocycles. The lowest BCUT2D eigenvalue weighted by molar-refractivity contribution is -0.149. The maximum Gasteiger partial charge on any atom is 0.344 e. The molecule has 39 heteroatoms. The maximum absolute atomic E-state index is 13.4. The Morgan fingerprint density at radius 1 is 0.535 bits per heavy atom. The lowest BCUT2D eigenvalue weighted by Crippen LogP contribution is -2.24. The van der Waals surface area contributed by atoms with Gasteiger partial charge in [0.05, 0.1) is 60.8 Å². The number of ether oxygens (including phenoxy) is 4. The molecule has 0 saturated heterocycles. The number of nitrogens with one attached hydrogen (secondary N) is 5. The minimum Gasteiger partial charge on any atom is -0.512 e. The fraction of sp³-hybridized carbons (Fsp3) is 0.289. The summed E-state index contributed by atoms with van der Waals surface area (Å²) in [6, 6.07) is 39.0. The zero-order valence-electron chi connectivity index (χ0n) is 73.6. The quantitative estimate of drug-likeness (QED) is 0.00478. The van der Waals surface area contributed by atoms with Gasteiger partial charge in [-0.15, -0.1) is 45.3 Å². The van der Waals surface area contributed by atoms with Gasteiger partial charge in [0.15, 0.2) is 52.8 Å². The number of thiophene rings is 4. The predicted octanol–water partition coefficient (Wildman–Crippen LogP) is 20.6. The number of hydrogen-bond acceptors (Lipinski definition) is 25. The van der Waals surface area contributed by atoms with E-state index in [0.29, 0.717) is 77.1 Å². The highest BCUT2D eigenvalue weighted by Crippen LogP contribution is 2.33. The molecule has 0 bridgehead atoms. The van der Waals surface area contributed by atoms with Crippen LogP contribution < -0.4 is 32.3 Å². The summed E-state index contributed by atoms with van der Waals surface area (Å²) in [5, 5.41) is 32.8. The number of amides is 2. The summed E-state index contributed by atoms with van der Waals surface area (Å²) in [7, 11) is 6.93. The molecule has 0 aliphatic carbocycles. The number of aldehydes is 1. The minimum absolute atomic E-state index is 0.0644. The van der Waals surface area contributed by atoms with Gasteiger partial charge in [0.1, 0.15) is 45.4 Å². The largest absolute Gasteiger partial charge is 0.512 e. The molecule has 2 amide bonds. The number of benzene rings is 4. The normalized spacial score (nSPS) is 11.0. The molecule has 9 aromatic heterocycles. The molecule has 0 atom stereocenters. The molecule has 13 rings (SSSR count). The first-order valence-electron chi connectivity index (χ1n) is 39.5. The van der Waals surface area contributed by atoms with Crippen LogP contribution >= 0.6 is 93.1 Å². The van der Waals surface area contributed by atoms with E-state index >= 15 is 0 Å². The van der Waals surface area contributed by atoms with Crippen LogP contribution in [-0.4, -0.2) is 121 Å². The maximum atomic E-state index is 13.4. The van der Waals surface area contributed by atoms with Gasteiger partial charge >= 0.3 is 23.6 Å². The Kier molecular flexibility index (Phi) is 40.4. The molecule has 0 fully saturated rings. The number of aromatic nitrogens is 10. The molecule has 129 heavy (non-hydrogen) atoms. The van der Waals surface area contributed by atoms with Crippen LogP contribution in [0.25, 0.3) is 26.2 Å². The van der Waals surface area contributed by atoms with Crippen LogP contribution in [-0.2, 0) is 84.7 Å². The summed E-state index contributed by atoms with van der Waals surface area (Å²) in [6.45, 7) is 31.8. The number of carbonyl (C=O) groups is 6. The number of nitrogens with two attached hydrogens (primary N) is 1. The molecule has 0 aliphatic heterocycles. The van der Waals surface area contributed by atoms with Gasteiger partial charge in [-0.3, -0.25) is 42.9 Å². The first kappa shape index (κ1) is 104. The summed E-state index contributed by atoms with van der Waals surface area (Å²) < 4.78 is 82.4. The van der Waals surface area contributed by atoms with Crippen molar-refractivity contribution in [3.05, 3.63) is 287 Å². The molecule has 0 unspecified atom stereocenters. The molecular weight excluding hydrogens is 1940 g/mol. The Balaban J connectivity index is 0.000000218. The van der Waals surface area contributed by atoms with Crippen molar-refractivity contribution in [2.75, 3.05) is 34.8 Å². The Morgan fingerprint density at radius 2 is 0.992 bits per heavy atom. The van der Waals surface area contributed by atoms with Gasteiger partial charge in [0, 0.05) is 109 Å². The van der Waals surface area contributed by atoms with Crippen LogP contribution in [0.1, 0.15) is 164 Å². The van der Waals surface area contributed by atoms with Crippen molar-refractivity contribution in [3.63, 3.8) is 0 Å². The Labute approximate surface area is 786 Å². The number of hydrogen-bond donors (Lipinski definition) is 6. The number of fused-ring (bicyclic) bond motifs is 1. The van der Waals surface area contributed by atoms with E-state index < -0.39 is 52.0 Å². The number of aryl methyl sites for hydroxylation is 5. The number of nitrogens with zero attached hydrogens (tertiary/aromatic N) is 12. The van der Waals surface area contributed by atoms with Crippen LogP contribution in [0.4, 0.5) is 40.8 Å². The van der Waals surface area contributed by atoms with E-state index in [0.717, 1.165) is 101 Å². The van der Waals surface area contributed by atoms with E-state index in [-0.39, 0.29) is 42.4 Å². The van der Waals surface area contributed by atoms with Crippen molar-refractivity contribution in [1.29, 1.82) is 0 Å². The molecule has 28 nitrogen and oxygen atoms in total. The monoisotopic (exact) mass is 2030 g/mol. The second-order valence-corrected chi connectivity index (χ2v) is 39.2. The van der Waals surface area contributed by atoms with Gasteiger partial charge < -0.3 is 51.3 Å². The molecule has 0 saturated carbocycles. The van der Waals surface area contributed by atoms with Crippen molar-refractivity contribution >= 4 is 170 Å². The van der Waals surface area contributed by atoms with Crippen LogP contribution in [0.5, 0.6) is 0 Å². The average molecular weight is 2040 g/mol. The number of anilines is 4. The minimum atomic E-state index is -0.951. The molecular formula is C90H99Br3F4N18O10S4. The first-order chi connectivity index (χ1) is 61.0. The SMILES string of the molecule is CCN=Cc1ccccc1.Cc1ncnc2ccc(-c3ccc(CNc4nn(C)cc4C(=O)NCc4ccc(F)c(F)c4)s3)cc12.Cn1cc(C(=O)NCc2ccc(F)c(F)c2)c(NCc2ccc(Br)s2)n1.Cn1cc(C(=O)OC(C)(C)C)c(N)n1.Cn1cc(C(=O)OC(C)(C)C)c(NCc2ccc(Br)s2)n1.O=Cc1ccc(Br)s1.[C-]#[N+]/C(=C/OCC)C(=O)OC(C)(C)C. The van der Waals surface area contributed by atoms with Gasteiger partial charge in [-0.25, -0.2) is 42.0 Å². The highest BCUT2D eigenvalue weighted by atomic mass is 79.9. The fourth-order valence-electron chi connectivity index (χ4n) is 10.6. The van der Waals surface area contributed by atoms with E-state index in [4.69, 9.17) is 31.3 Å². The van der Waals surface area contributed by atoms with Crippen LogP contribution in [0, 0.1) is 36.8 Å². The van der Waals surface area contributed by atoms with E-state index in [9.17, 15) is 46.3 Å². The predicted molar refractivity (Wildman–Crippen MR) is 510 cm³/mol. The van der Waals surface area contributed by atoms with Gasteiger partial charge in [0.2, 0.25) is 0 Å². The molecule has 0 spiro atoms. The Morgan fingerprint density at radius 3 is 1.42 bits per heavy atom. The highest BCUT2D eigenvalue weighted by molar-refractivity contribution is 9.11. The van der Waals surface area contributed by atoms with Crippen molar-refractivity contribution in [2.45, 2.75) is 133 Å². The molecule has 0 radical (unpaired) electrons. The summed E-state index contributed by atoms with van der Waals surface area (Å²) in [5.74, 6) is -4.28. The van der Waals surface area contributed by atoms with Crippen LogP contribution in [0.15, 0.2) is 193 Å². The second kappa shape index (κ2) is 50.0. The molecule has 13 aromatic rings. The number of aliphatic imine (C=N–C) groups is 1. The zero-order valence-corrected chi connectivity index (χ0v) is 81.6. The third kappa shape index (κ3) is 35.8. The lowest BCUT2D eigenvalue weighted by Gasteiger charge is -2.19. The summed E-state index contributed by atoms with van der Waals surface area (Å²) in [5.41, 5.74) is 10.3. The lowest BCUT2D eigenvalue weighted by atomic mass is 10.1. The van der Waals surface area contributed by atoms with Gasteiger partial charge in [0.25, 0.3) is 11.8 Å².